The Labute approximate surface area is 224 Å². The summed E-state index contributed by atoms with van der Waals surface area (Å²) in [4.78, 5) is 13.6. The van der Waals surface area contributed by atoms with E-state index in [1.165, 1.54) is 0 Å². The largest absolute Gasteiger partial charge is 0.466 e. The number of rotatable bonds is 5. The standard InChI is InChI=1S/C32H52O5/c1-7-37-27(36)32-15-10-21(20(2)18-33)26(32)22-8-9-24-28(3)13-12-25(35)29(4,19-34)23(28)11-14-31(24,6)30(22,5)16-17-32/h21-26,33-35H,2,7-19H2,1,3-6H3/t21-,22?,23+,24?,25-,26?,28-,29-,30+,31+,32-/m0/s1. The zero-order chi connectivity index (χ0) is 27.0. The van der Waals surface area contributed by atoms with Gasteiger partial charge in [-0.25, -0.2) is 0 Å². The number of carbonyl (C=O) groups excluding carboxylic acids is 1. The van der Waals surface area contributed by atoms with Gasteiger partial charge in [0.05, 0.1) is 31.3 Å². The molecule has 5 saturated carbocycles. The third kappa shape index (κ3) is 3.41. The number of hydrogen-bond donors (Lipinski definition) is 3. The summed E-state index contributed by atoms with van der Waals surface area (Å²) < 4.78 is 5.75. The molecular formula is C32H52O5. The van der Waals surface area contributed by atoms with Crippen molar-refractivity contribution in [3.8, 4) is 0 Å². The van der Waals surface area contributed by atoms with Crippen LogP contribution in [0.3, 0.4) is 0 Å². The Balaban J connectivity index is 1.55. The topological polar surface area (TPSA) is 87.0 Å². The van der Waals surface area contributed by atoms with Crippen LogP contribution in [0.1, 0.15) is 98.8 Å². The Kier molecular flexibility index (Phi) is 6.77. The minimum atomic E-state index is -0.447. The predicted molar refractivity (Wildman–Crippen MR) is 144 cm³/mol. The third-order valence-electron chi connectivity index (χ3n) is 14.0. The van der Waals surface area contributed by atoms with E-state index >= 15 is 0 Å². The summed E-state index contributed by atoms with van der Waals surface area (Å²) in [6.07, 6.45) is 9.41. The first-order valence-corrected chi connectivity index (χ1v) is 15.1. The normalized spacial score (nSPS) is 52.9. The Bertz CT molecular complexity index is 932. The molecule has 5 fully saturated rings. The van der Waals surface area contributed by atoms with Gasteiger partial charge in [-0.15, -0.1) is 0 Å². The van der Waals surface area contributed by atoms with Crippen molar-refractivity contribution in [3.63, 3.8) is 0 Å². The summed E-state index contributed by atoms with van der Waals surface area (Å²) in [5, 5.41) is 31.6. The molecule has 0 aromatic heterocycles. The van der Waals surface area contributed by atoms with Crippen molar-refractivity contribution in [2.45, 2.75) is 105 Å². The van der Waals surface area contributed by atoms with Gasteiger partial charge in [0.2, 0.25) is 0 Å². The lowest BCUT2D eigenvalue weighted by Gasteiger charge is -2.72. The van der Waals surface area contributed by atoms with E-state index in [1.54, 1.807) is 0 Å². The number of aliphatic hydroxyl groups excluding tert-OH is 3. The lowest BCUT2D eigenvalue weighted by atomic mass is 9.32. The van der Waals surface area contributed by atoms with Gasteiger partial charge < -0.3 is 20.1 Å². The average Bonchev–Trinajstić information content (AvgIpc) is 3.27. The maximum atomic E-state index is 13.6. The highest BCUT2D eigenvalue weighted by molar-refractivity contribution is 5.78. The van der Waals surface area contributed by atoms with Gasteiger partial charge >= 0.3 is 5.97 Å². The van der Waals surface area contributed by atoms with E-state index in [2.05, 4.69) is 34.3 Å². The van der Waals surface area contributed by atoms with Gasteiger partial charge in [-0.3, -0.25) is 4.79 Å². The van der Waals surface area contributed by atoms with Gasteiger partial charge in [-0.2, -0.15) is 0 Å². The molecule has 0 aliphatic heterocycles. The molecule has 11 atom stereocenters. The quantitative estimate of drug-likeness (QED) is 0.331. The van der Waals surface area contributed by atoms with Crippen LogP contribution in [0, 0.1) is 56.7 Å². The summed E-state index contributed by atoms with van der Waals surface area (Å²) in [6.45, 7) is 16.3. The van der Waals surface area contributed by atoms with Crippen molar-refractivity contribution in [1.82, 2.24) is 0 Å². The Hall–Kier alpha value is -0.910. The second kappa shape index (κ2) is 9.06. The number of carbonyl (C=O) groups is 1. The molecule has 37 heavy (non-hydrogen) atoms. The van der Waals surface area contributed by atoms with Gasteiger partial charge in [0.25, 0.3) is 0 Å². The highest BCUT2D eigenvalue weighted by Gasteiger charge is 2.72. The Morgan fingerprint density at radius 1 is 0.892 bits per heavy atom. The van der Waals surface area contributed by atoms with Gasteiger partial charge in [-0.05, 0) is 123 Å². The molecule has 0 aromatic carbocycles. The van der Waals surface area contributed by atoms with Gasteiger partial charge in [0.15, 0.2) is 0 Å². The van der Waals surface area contributed by atoms with Crippen LogP contribution in [0.15, 0.2) is 12.2 Å². The van der Waals surface area contributed by atoms with E-state index in [0.29, 0.717) is 24.4 Å². The number of esters is 1. The molecule has 0 aromatic rings. The van der Waals surface area contributed by atoms with E-state index in [4.69, 9.17) is 4.74 Å². The van der Waals surface area contributed by atoms with Crippen molar-refractivity contribution >= 4 is 5.97 Å². The van der Waals surface area contributed by atoms with Crippen LogP contribution in [-0.2, 0) is 9.53 Å². The zero-order valence-corrected chi connectivity index (χ0v) is 24.0. The monoisotopic (exact) mass is 516 g/mol. The van der Waals surface area contributed by atoms with Gasteiger partial charge in [-0.1, -0.05) is 34.3 Å². The molecule has 0 radical (unpaired) electrons. The molecule has 5 rings (SSSR count). The average molecular weight is 517 g/mol. The van der Waals surface area contributed by atoms with E-state index in [1.807, 2.05) is 6.92 Å². The highest BCUT2D eigenvalue weighted by Crippen LogP contribution is 2.77. The van der Waals surface area contributed by atoms with Gasteiger partial charge in [0, 0.05) is 5.41 Å². The summed E-state index contributed by atoms with van der Waals surface area (Å²) >= 11 is 0. The number of ether oxygens (including phenoxy) is 1. The molecule has 3 unspecified atom stereocenters. The number of hydrogen-bond acceptors (Lipinski definition) is 5. The minimum absolute atomic E-state index is 0.00871. The summed E-state index contributed by atoms with van der Waals surface area (Å²) in [7, 11) is 0. The molecule has 0 spiro atoms. The van der Waals surface area contributed by atoms with Crippen molar-refractivity contribution < 1.29 is 24.9 Å². The molecule has 3 N–H and O–H groups in total. The van der Waals surface area contributed by atoms with Crippen LogP contribution >= 0.6 is 0 Å². The number of aliphatic hydroxyl groups is 3. The first kappa shape index (κ1) is 27.6. The predicted octanol–water partition coefficient (Wildman–Crippen LogP) is 5.51. The summed E-state index contributed by atoms with van der Waals surface area (Å²) in [5.41, 5.74) is 0.327. The molecule has 0 bridgehead atoms. The van der Waals surface area contributed by atoms with E-state index in [0.717, 1.165) is 69.8 Å². The van der Waals surface area contributed by atoms with Crippen LogP contribution in [0.25, 0.3) is 0 Å². The maximum Gasteiger partial charge on any atom is 0.312 e. The molecule has 5 aliphatic rings. The summed E-state index contributed by atoms with van der Waals surface area (Å²) in [6, 6.07) is 0. The fourth-order valence-corrected chi connectivity index (χ4v) is 11.8. The first-order valence-electron chi connectivity index (χ1n) is 15.1. The molecule has 0 amide bonds. The van der Waals surface area contributed by atoms with Crippen LogP contribution in [0.4, 0.5) is 0 Å². The van der Waals surface area contributed by atoms with E-state index < -0.39 is 16.9 Å². The molecular weight excluding hydrogens is 464 g/mol. The summed E-state index contributed by atoms with van der Waals surface area (Å²) in [5.74, 6) is 1.61. The van der Waals surface area contributed by atoms with Gasteiger partial charge in [0.1, 0.15) is 0 Å². The van der Waals surface area contributed by atoms with Crippen LogP contribution in [-0.4, -0.2) is 47.2 Å². The van der Waals surface area contributed by atoms with Crippen molar-refractivity contribution in [1.29, 1.82) is 0 Å². The third-order valence-corrected chi connectivity index (χ3v) is 14.0. The van der Waals surface area contributed by atoms with Crippen molar-refractivity contribution in [3.05, 3.63) is 12.2 Å². The maximum absolute atomic E-state index is 13.6. The molecule has 210 valence electrons. The second-order valence-electron chi connectivity index (χ2n) is 14.8. The van der Waals surface area contributed by atoms with E-state index in [9.17, 15) is 20.1 Å². The smallest absolute Gasteiger partial charge is 0.312 e. The fourth-order valence-electron chi connectivity index (χ4n) is 11.8. The second-order valence-corrected chi connectivity index (χ2v) is 14.8. The Morgan fingerprint density at radius 2 is 1.62 bits per heavy atom. The number of fused-ring (bicyclic) bond motifs is 7. The van der Waals surface area contributed by atoms with E-state index in [-0.39, 0.29) is 47.3 Å². The molecule has 0 heterocycles. The van der Waals surface area contributed by atoms with Crippen molar-refractivity contribution in [2.24, 2.45) is 56.7 Å². The molecule has 5 aliphatic carbocycles. The first-order chi connectivity index (χ1) is 17.4. The lowest BCUT2D eigenvalue weighted by Crippen LogP contribution is -2.67. The van der Waals surface area contributed by atoms with Crippen LogP contribution in [0.5, 0.6) is 0 Å². The van der Waals surface area contributed by atoms with Crippen LogP contribution in [0.2, 0.25) is 0 Å². The lowest BCUT2D eigenvalue weighted by molar-refractivity contribution is -0.254. The fraction of sp³-hybridized carbons (Fsp3) is 0.906. The SMILES string of the molecule is C=C(CO)[C@@H]1CC[C@]2(C(=O)OCC)CC[C@]3(C)C(CCC4[C@@]5(C)CC[C@H](O)[C@@](C)(CO)[C@@H]5CC[C@]43C)C12. The molecule has 0 saturated heterocycles. The van der Waals surface area contributed by atoms with Crippen LogP contribution < -0.4 is 0 Å². The Morgan fingerprint density at radius 3 is 2.27 bits per heavy atom. The van der Waals surface area contributed by atoms with Crippen molar-refractivity contribution in [2.75, 3.05) is 19.8 Å². The molecule has 5 heteroatoms. The minimum Gasteiger partial charge on any atom is -0.466 e. The zero-order valence-electron chi connectivity index (χ0n) is 24.0. The molecule has 5 nitrogen and oxygen atoms in total. The highest BCUT2D eigenvalue weighted by atomic mass is 16.5.